The van der Waals surface area contributed by atoms with Crippen LogP contribution in [-0.4, -0.2) is 27.8 Å². The predicted molar refractivity (Wildman–Crippen MR) is 112 cm³/mol. The van der Waals surface area contributed by atoms with Crippen molar-refractivity contribution in [3.8, 4) is 5.75 Å². The van der Waals surface area contributed by atoms with Gasteiger partial charge in [-0.3, -0.25) is 4.79 Å². The van der Waals surface area contributed by atoms with Gasteiger partial charge in [-0.2, -0.15) is 10.1 Å². The van der Waals surface area contributed by atoms with Crippen LogP contribution in [0.1, 0.15) is 35.7 Å². The van der Waals surface area contributed by atoms with Gasteiger partial charge >= 0.3 is 5.97 Å². The van der Waals surface area contributed by atoms with Gasteiger partial charge in [0.25, 0.3) is 5.91 Å². The summed E-state index contributed by atoms with van der Waals surface area (Å²) in [6.45, 7) is 2.00. The topological polar surface area (TPSA) is 90.2 Å². The van der Waals surface area contributed by atoms with Crippen molar-refractivity contribution >= 4 is 51.9 Å². The second-order valence-electron chi connectivity index (χ2n) is 6.03. The summed E-state index contributed by atoms with van der Waals surface area (Å²) in [5, 5.41) is 24.8. The highest BCUT2D eigenvalue weighted by molar-refractivity contribution is 14.1. The number of rotatable bonds is 5. The fourth-order valence-corrected chi connectivity index (χ4v) is 3.26. The van der Waals surface area contributed by atoms with Gasteiger partial charge in [-0.1, -0.05) is 13.3 Å². The van der Waals surface area contributed by atoms with Crippen LogP contribution in [0, 0.1) is 3.57 Å². The summed E-state index contributed by atoms with van der Waals surface area (Å²) >= 11 is 2.14. The molecule has 6 nitrogen and oxygen atoms in total. The number of halogens is 1. The number of phenolic OH excluding ortho intramolecular Hbond substituents is 1. The number of aromatic carboxylic acids is 1. The number of carboxylic acids is 1. The maximum absolute atomic E-state index is 13.0. The summed E-state index contributed by atoms with van der Waals surface area (Å²) in [6, 6.07) is 11.2. The molecule has 1 aliphatic heterocycles. The molecular formula is C20H17IN2O4. The van der Waals surface area contributed by atoms with E-state index < -0.39 is 5.97 Å². The van der Waals surface area contributed by atoms with E-state index >= 15 is 0 Å². The second-order valence-corrected chi connectivity index (χ2v) is 7.27. The fourth-order valence-electron chi connectivity index (χ4n) is 2.74. The third kappa shape index (κ3) is 4.02. The first-order chi connectivity index (χ1) is 12.9. The van der Waals surface area contributed by atoms with Crippen molar-refractivity contribution in [3.05, 3.63) is 62.7 Å². The van der Waals surface area contributed by atoms with Gasteiger partial charge in [0.2, 0.25) is 0 Å². The molecule has 3 rings (SSSR count). The Labute approximate surface area is 170 Å². The van der Waals surface area contributed by atoms with Crippen LogP contribution in [0.4, 0.5) is 5.69 Å². The molecule has 2 aromatic carbocycles. The molecule has 2 N–H and O–H groups in total. The molecule has 0 saturated carbocycles. The SMILES string of the molecule is CCCC1=NN(c2ccc(C(=O)O)cc2)C(=O)C1=Cc1cc(I)ccc1O. The van der Waals surface area contributed by atoms with Gasteiger partial charge in [-0.05, 0) is 77.6 Å². The lowest BCUT2D eigenvalue weighted by Gasteiger charge is -2.11. The summed E-state index contributed by atoms with van der Waals surface area (Å²) in [4.78, 5) is 24.0. The van der Waals surface area contributed by atoms with Gasteiger partial charge in [0.15, 0.2) is 0 Å². The van der Waals surface area contributed by atoms with E-state index in [-0.39, 0.29) is 17.2 Å². The van der Waals surface area contributed by atoms with Crippen LogP contribution in [0.25, 0.3) is 6.08 Å². The van der Waals surface area contributed by atoms with Crippen LogP contribution in [-0.2, 0) is 4.79 Å². The number of hydrogen-bond donors (Lipinski definition) is 2. The minimum atomic E-state index is -1.03. The van der Waals surface area contributed by atoms with Gasteiger partial charge in [0.05, 0.1) is 22.5 Å². The Kier molecular flexibility index (Phi) is 5.59. The monoisotopic (exact) mass is 476 g/mol. The number of amides is 1. The molecule has 1 heterocycles. The largest absolute Gasteiger partial charge is 0.507 e. The normalized spacial score (nSPS) is 15.3. The van der Waals surface area contributed by atoms with Crippen molar-refractivity contribution in [2.75, 3.05) is 5.01 Å². The molecule has 0 atom stereocenters. The van der Waals surface area contributed by atoms with E-state index in [1.165, 1.54) is 17.1 Å². The van der Waals surface area contributed by atoms with Gasteiger partial charge in [-0.15, -0.1) is 0 Å². The second kappa shape index (κ2) is 7.91. The van der Waals surface area contributed by atoms with Gasteiger partial charge in [0.1, 0.15) is 5.75 Å². The van der Waals surface area contributed by atoms with Crippen LogP contribution >= 0.6 is 22.6 Å². The first-order valence-corrected chi connectivity index (χ1v) is 9.44. The summed E-state index contributed by atoms with van der Waals surface area (Å²) in [6.07, 6.45) is 3.08. The van der Waals surface area contributed by atoms with Crippen molar-refractivity contribution in [1.82, 2.24) is 0 Å². The molecule has 27 heavy (non-hydrogen) atoms. The van der Waals surface area contributed by atoms with E-state index in [1.807, 2.05) is 6.92 Å². The molecule has 0 bridgehead atoms. The summed E-state index contributed by atoms with van der Waals surface area (Å²) in [5.74, 6) is -1.24. The average Bonchev–Trinajstić information content (AvgIpc) is 2.95. The zero-order chi connectivity index (χ0) is 19.6. The Balaban J connectivity index is 2.00. The Hall–Kier alpha value is -2.68. The maximum Gasteiger partial charge on any atom is 0.335 e. The van der Waals surface area contributed by atoms with Crippen LogP contribution < -0.4 is 5.01 Å². The van der Waals surface area contributed by atoms with Crippen molar-refractivity contribution in [1.29, 1.82) is 0 Å². The highest BCUT2D eigenvalue weighted by Gasteiger charge is 2.30. The summed E-state index contributed by atoms with van der Waals surface area (Å²) < 4.78 is 0.942. The molecule has 0 fully saturated rings. The average molecular weight is 476 g/mol. The Bertz CT molecular complexity index is 964. The van der Waals surface area contributed by atoms with Crippen LogP contribution in [0.15, 0.2) is 53.1 Å². The number of anilines is 1. The molecule has 1 aliphatic rings. The lowest BCUT2D eigenvalue weighted by atomic mass is 10.0. The lowest BCUT2D eigenvalue weighted by molar-refractivity contribution is -0.114. The maximum atomic E-state index is 13.0. The standard InChI is InChI=1S/C20H17IN2O4/c1-2-3-17-16(11-13-10-14(21)6-9-18(13)24)19(25)23(22-17)15-7-4-12(5-8-15)20(26)27/h4-11,24H,2-3H2,1H3,(H,26,27). The zero-order valence-corrected chi connectivity index (χ0v) is 16.7. The van der Waals surface area contributed by atoms with Gasteiger partial charge < -0.3 is 10.2 Å². The first-order valence-electron chi connectivity index (χ1n) is 8.36. The number of nitrogens with zero attached hydrogens (tertiary/aromatic N) is 2. The van der Waals surface area contributed by atoms with E-state index in [0.717, 1.165) is 9.99 Å². The van der Waals surface area contributed by atoms with Crippen molar-refractivity contribution in [3.63, 3.8) is 0 Å². The van der Waals surface area contributed by atoms with Crippen molar-refractivity contribution < 1.29 is 19.8 Å². The van der Waals surface area contributed by atoms with E-state index in [1.54, 1.807) is 36.4 Å². The van der Waals surface area contributed by atoms with Crippen LogP contribution in [0.2, 0.25) is 0 Å². The Morgan fingerprint density at radius 3 is 2.56 bits per heavy atom. The summed E-state index contributed by atoms with van der Waals surface area (Å²) in [5.41, 5.74) is 2.26. The highest BCUT2D eigenvalue weighted by atomic mass is 127. The smallest absolute Gasteiger partial charge is 0.335 e. The molecular weight excluding hydrogens is 459 g/mol. The van der Waals surface area contributed by atoms with E-state index in [0.29, 0.717) is 29.0 Å². The minimum Gasteiger partial charge on any atom is -0.507 e. The number of hydrazone groups is 1. The number of phenols is 1. The third-order valence-corrected chi connectivity index (χ3v) is 4.76. The predicted octanol–water partition coefficient (Wildman–Crippen LogP) is 4.28. The number of hydrogen-bond acceptors (Lipinski definition) is 4. The fraction of sp³-hybridized carbons (Fsp3) is 0.150. The third-order valence-electron chi connectivity index (χ3n) is 4.09. The number of carbonyl (C=O) groups excluding carboxylic acids is 1. The van der Waals surface area contributed by atoms with E-state index in [4.69, 9.17) is 5.11 Å². The molecule has 0 radical (unpaired) electrons. The number of aromatic hydroxyl groups is 1. The molecule has 2 aromatic rings. The molecule has 1 amide bonds. The van der Waals surface area contributed by atoms with Gasteiger partial charge in [-0.25, -0.2) is 4.79 Å². The minimum absolute atomic E-state index is 0.0934. The van der Waals surface area contributed by atoms with Crippen LogP contribution in [0.5, 0.6) is 5.75 Å². The molecule has 0 aromatic heterocycles. The zero-order valence-electron chi connectivity index (χ0n) is 14.5. The lowest BCUT2D eigenvalue weighted by Crippen LogP contribution is -2.21. The number of carboxylic acid groups (broad SMARTS) is 1. The number of benzene rings is 2. The Morgan fingerprint density at radius 2 is 1.93 bits per heavy atom. The molecule has 0 saturated heterocycles. The van der Waals surface area contributed by atoms with Crippen molar-refractivity contribution in [2.45, 2.75) is 19.8 Å². The Morgan fingerprint density at radius 1 is 1.22 bits per heavy atom. The van der Waals surface area contributed by atoms with Crippen molar-refractivity contribution in [2.24, 2.45) is 5.10 Å². The molecule has 0 aliphatic carbocycles. The van der Waals surface area contributed by atoms with E-state index in [2.05, 4.69) is 27.7 Å². The summed E-state index contributed by atoms with van der Waals surface area (Å²) in [7, 11) is 0. The molecule has 138 valence electrons. The highest BCUT2D eigenvalue weighted by Crippen LogP contribution is 2.29. The van der Waals surface area contributed by atoms with E-state index in [9.17, 15) is 14.7 Å². The quantitative estimate of drug-likeness (QED) is 0.498. The molecule has 0 unspecified atom stereocenters. The molecule has 7 heteroatoms. The molecule has 0 spiro atoms. The number of carbonyl (C=O) groups is 2. The first kappa shape index (κ1) is 19.1. The van der Waals surface area contributed by atoms with Crippen LogP contribution in [0.3, 0.4) is 0 Å². The van der Waals surface area contributed by atoms with Gasteiger partial charge in [0, 0.05) is 9.13 Å².